The zero-order chi connectivity index (χ0) is 18.0. The van der Waals surface area contributed by atoms with Gasteiger partial charge in [0.05, 0.1) is 0 Å². The number of amides is 2. The summed E-state index contributed by atoms with van der Waals surface area (Å²) in [4.78, 5) is 19.2. The summed E-state index contributed by atoms with van der Waals surface area (Å²) in [6.07, 6.45) is 6.60. The molecule has 0 bridgehead atoms. The molecule has 3 rings (SSSR count). The predicted molar refractivity (Wildman–Crippen MR) is 105 cm³/mol. The number of likely N-dealkylation sites (tertiary alicyclic amines) is 1. The number of urea groups is 1. The number of piperidine rings is 1. The molecule has 1 aromatic rings. The number of carbonyl (C=O) groups is 1. The summed E-state index contributed by atoms with van der Waals surface area (Å²) in [5.74, 6) is 0. The number of aryl methyl sites for hydroxylation is 2. The van der Waals surface area contributed by atoms with Crippen molar-refractivity contribution < 1.29 is 4.79 Å². The zero-order valence-electron chi connectivity index (χ0n) is 15.9. The molecule has 1 saturated heterocycles. The van der Waals surface area contributed by atoms with Crippen LogP contribution in [0.25, 0.3) is 0 Å². The fourth-order valence-electron chi connectivity index (χ4n) is 3.81. The minimum Gasteiger partial charge on any atom is -0.378 e. The van der Waals surface area contributed by atoms with Crippen molar-refractivity contribution in [3.05, 3.63) is 35.4 Å². The summed E-state index contributed by atoms with van der Waals surface area (Å²) < 4.78 is 0. The van der Waals surface area contributed by atoms with Crippen LogP contribution in [0.4, 0.5) is 16.2 Å². The fraction of sp³-hybridized carbons (Fsp3) is 0.550. The largest absolute Gasteiger partial charge is 0.378 e. The predicted octanol–water partition coefficient (Wildman–Crippen LogP) is 3.24. The number of rotatable bonds is 3. The van der Waals surface area contributed by atoms with Crippen LogP contribution in [0.3, 0.4) is 0 Å². The first kappa shape index (κ1) is 17.8. The van der Waals surface area contributed by atoms with Crippen molar-refractivity contribution >= 4 is 17.4 Å². The molecule has 5 heteroatoms. The van der Waals surface area contributed by atoms with Gasteiger partial charge in [0.25, 0.3) is 0 Å². The van der Waals surface area contributed by atoms with Crippen LogP contribution in [0.1, 0.15) is 24.0 Å². The van der Waals surface area contributed by atoms with E-state index in [1.165, 1.54) is 0 Å². The van der Waals surface area contributed by atoms with Crippen LogP contribution in [-0.2, 0) is 0 Å². The van der Waals surface area contributed by atoms with Gasteiger partial charge in [0.1, 0.15) is 0 Å². The highest BCUT2D eigenvalue weighted by molar-refractivity contribution is 5.91. The molecule has 136 valence electrons. The molecule has 0 unspecified atom stereocenters. The van der Waals surface area contributed by atoms with Gasteiger partial charge in [-0.1, -0.05) is 12.2 Å². The number of nitrogens with one attached hydrogen (secondary N) is 1. The van der Waals surface area contributed by atoms with Gasteiger partial charge in [0, 0.05) is 57.7 Å². The van der Waals surface area contributed by atoms with E-state index in [-0.39, 0.29) is 6.03 Å². The van der Waals surface area contributed by atoms with Gasteiger partial charge in [-0.15, -0.1) is 0 Å². The number of carbonyl (C=O) groups excluding carboxylic acids is 1. The Balaban J connectivity index is 1.59. The lowest BCUT2D eigenvalue weighted by molar-refractivity contribution is 0.144. The average molecular weight is 342 g/mol. The van der Waals surface area contributed by atoms with Gasteiger partial charge in [-0.05, 0) is 49.9 Å². The van der Waals surface area contributed by atoms with Crippen molar-refractivity contribution in [2.75, 3.05) is 50.5 Å². The minimum absolute atomic E-state index is 0.0294. The molecule has 2 heterocycles. The van der Waals surface area contributed by atoms with Gasteiger partial charge < -0.3 is 15.1 Å². The van der Waals surface area contributed by atoms with Gasteiger partial charge in [-0.3, -0.25) is 4.90 Å². The first-order valence-corrected chi connectivity index (χ1v) is 9.19. The first-order valence-electron chi connectivity index (χ1n) is 9.19. The van der Waals surface area contributed by atoms with Crippen LogP contribution >= 0.6 is 0 Å². The molecule has 5 nitrogen and oxygen atoms in total. The second-order valence-electron chi connectivity index (χ2n) is 7.42. The van der Waals surface area contributed by atoms with E-state index < -0.39 is 0 Å². The van der Waals surface area contributed by atoms with Gasteiger partial charge >= 0.3 is 6.03 Å². The average Bonchev–Trinajstić information content (AvgIpc) is 3.12. The third-order valence-electron chi connectivity index (χ3n) is 5.38. The second kappa shape index (κ2) is 7.48. The van der Waals surface area contributed by atoms with Crippen LogP contribution in [0.5, 0.6) is 0 Å². The van der Waals surface area contributed by atoms with Crippen LogP contribution in [-0.4, -0.2) is 62.1 Å². The normalized spacial score (nSPS) is 18.6. The van der Waals surface area contributed by atoms with Gasteiger partial charge in [-0.25, -0.2) is 4.79 Å². The summed E-state index contributed by atoms with van der Waals surface area (Å²) in [7, 11) is 4.07. The molecule has 0 radical (unpaired) electrons. The molecule has 0 spiro atoms. The highest BCUT2D eigenvalue weighted by atomic mass is 16.2. The Labute approximate surface area is 151 Å². The summed E-state index contributed by atoms with van der Waals surface area (Å²) in [5.41, 5.74) is 4.32. The van der Waals surface area contributed by atoms with Crippen molar-refractivity contribution in [3.8, 4) is 0 Å². The summed E-state index contributed by atoms with van der Waals surface area (Å²) in [6.45, 7) is 7.91. The fourth-order valence-corrected chi connectivity index (χ4v) is 3.81. The molecule has 0 saturated carbocycles. The molecule has 25 heavy (non-hydrogen) atoms. The monoisotopic (exact) mass is 342 g/mol. The molecule has 0 atom stereocenters. The quantitative estimate of drug-likeness (QED) is 0.857. The summed E-state index contributed by atoms with van der Waals surface area (Å²) >= 11 is 0. The van der Waals surface area contributed by atoms with Gasteiger partial charge in [0.2, 0.25) is 0 Å². The number of anilines is 2. The van der Waals surface area contributed by atoms with Gasteiger partial charge in [-0.2, -0.15) is 0 Å². The molecular formula is C20H30N4O. The maximum atomic E-state index is 12.7. The third kappa shape index (κ3) is 3.98. The lowest BCUT2D eigenvalue weighted by Crippen LogP contribution is -2.47. The van der Waals surface area contributed by atoms with Crippen molar-refractivity contribution in [1.29, 1.82) is 0 Å². The van der Waals surface area contributed by atoms with E-state index in [1.807, 2.05) is 19.0 Å². The Kier molecular flexibility index (Phi) is 5.33. The maximum absolute atomic E-state index is 12.7. The van der Waals surface area contributed by atoms with Crippen LogP contribution in [0.15, 0.2) is 24.3 Å². The van der Waals surface area contributed by atoms with Crippen molar-refractivity contribution in [2.24, 2.45) is 0 Å². The van der Waals surface area contributed by atoms with Crippen LogP contribution in [0, 0.1) is 13.8 Å². The number of hydrogen-bond donors (Lipinski definition) is 1. The lowest BCUT2D eigenvalue weighted by Gasteiger charge is -2.36. The van der Waals surface area contributed by atoms with E-state index in [9.17, 15) is 4.79 Å². The molecular weight excluding hydrogens is 312 g/mol. The molecule has 0 aliphatic carbocycles. The molecule has 1 aromatic carbocycles. The molecule has 0 aromatic heterocycles. The standard InChI is InChI=1S/C20H30N4O/c1-15-13-18(22(3)4)14-16(2)19(15)21-20(25)24-11-7-17(8-12-24)23-9-5-6-10-23/h5-6,13-14,17H,7-12H2,1-4H3,(H,21,25). The van der Waals surface area contributed by atoms with Crippen LogP contribution in [0.2, 0.25) is 0 Å². The summed E-state index contributed by atoms with van der Waals surface area (Å²) in [6, 6.07) is 4.88. The van der Waals surface area contributed by atoms with E-state index >= 15 is 0 Å². The third-order valence-corrected chi connectivity index (χ3v) is 5.38. The molecule has 1 N–H and O–H groups in total. The van der Waals surface area contributed by atoms with E-state index in [0.29, 0.717) is 6.04 Å². The molecule has 2 amide bonds. The highest BCUT2D eigenvalue weighted by Gasteiger charge is 2.27. The van der Waals surface area contributed by atoms with Crippen molar-refractivity contribution in [3.63, 3.8) is 0 Å². The minimum atomic E-state index is 0.0294. The van der Waals surface area contributed by atoms with Crippen molar-refractivity contribution in [2.45, 2.75) is 32.7 Å². The first-order chi connectivity index (χ1) is 12.0. The number of nitrogens with zero attached hydrogens (tertiary/aromatic N) is 3. The van der Waals surface area contributed by atoms with E-state index in [4.69, 9.17) is 0 Å². The Hall–Kier alpha value is -2.01. The SMILES string of the molecule is Cc1cc(N(C)C)cc(C)c1NC(=O)N1CCC(N2CC=CC2)CC1. The van der Waals surface area contributed by atoms with Gasteiger partial charge in [0.15, 0.2) is 0 Å². The topological polar surface area (TPSA) is 38.8 Å². The van der Waals surface area contributed by atoms with E-state index in [0.717, 1.165) is 61.5 Å². The summed E-state index contributed by atoms with van der Waals surface area (Å²) in [5, 5.41) is 3.14. The molecule has 1 fully saturated rings. The van der Waals surface area contributed by atoms with Crippen molar-refractivity contribution in [1.82, 2.24) is 9.80 Å². The Bertz CT molecular complexity index is 629. The van der Waals surface area contributed by atoms with E-state index in [1.54, 1.807) is 0 Å². The Morgan fingerprint density at radius 1 is 1.08 bits per heavy atom. The smallest absolute Gasteiger partial charge is 0.321 e. The zero-order valence-corrected chi connectivity index (χ0v) is 15.9. The molecule has 2 aliphatic heterocycles. The Morgan fingerprint density at radius 2 is 1.64 bits per heavy atom. The second-order valence-corrected chi connectivity index (χ2v) is 7.42. The number of benzene rings is 1. The molecule has 2 aliphatic rings. The number of hydrogen-bond acceptors (Lipinski definition) is 3. The maximum Gasteiger partial charge on any atom is 0.321 e. The highest BCUT2D eigenvalue weighted by Crippen LogP contribution is 2.27. The van der Waals surface area contributed by atoms with E-state index in [2.05, 4.69) is 53.2 Å². The van der Waals surface area contributed by atoms with Crippen LogP contribution < -0.4 is 10.2 Å². The Morgan fingerprint density at radius 3 is 2.16 bits per heavy atom. The lowest BCUT2D eigenvalue weighted by atomic mass is 10.0.